The molecule has 2 N–H and O–H groups in total. The Balaban J connectivity index is 1.98. The first kappa shape index (κ1) is 20.7. The third-order valence-corrected chi connectivity index (χ3v) is 5.02. The van der Waals surface area contributed by atoms with Crippen LogP contribution in [-0.2, 0) is 20.4 Å². The Kier molecular flexibility index (Phi) is 6.79. The van der Waals surface area contributed by atoms with Crippen molar-refractivity contribution < 1.29 is 17.9 Å². The van der Waals surface area contributed by atoms with E-state index in [4.69, 9.17) is 4.74 Å². The maximum atomic E-state index is 12.3. The molecule has 146 valence electrons. The summed E-state index contributed by atoms with van der Waals surface area (Å²) < 4.78 is 29.9. The fourth-order valence-corrected chi connectivity index (χ4v) is 3.49. The molecule has 2 rings (SSSR count). The molecular weight excluding hydrogens is 368 g/mol. The first-order chi connectivity index (χ1) is 12.6. The third-order valence-electron chi connectivity index (χ3n) is 3.57. The van der Waals surface area contributed by atoms with Gasteiger partial charge in [0.05, 0.1) is 12.4 Å². The number of ether oxygens (including phenoxy) is 1. The number of aryl methyl sites for hydroxylation is 1. The van der Waals surface area contributed by atoms with Crippen LogP contribution in [0.25, 0.3) is 0 Å². The second-order valence-electron chi connectivity index (χ2n) is 6.84. The molecule has 0 unspecified atom stereocenters. The number of pyridine rings is 1. The fraction of sp³-hybridized carbons (Fsp3) is 0.368. The molecule has 8 heteroatoms. The Labute approximate surface area is 158 Å². The number of hydrogen-bond donors (Lipinski definition) is 2. The molecule has 0 saturated heterocycles. The van der Waals surface area contributed by atoms with Gasteiger partial charge in [-0.3, -0.25) is 9.59 Å². The number of anilines is 1. The monoisotopic (exact) mass is 392 g/mol. The number of carbonyl (C=O) groups excluding carboxylic acids is 1. The molecule has 0 aliphatic rings. The van der Waals surface area contributed by atoms with Gasteiger partial charge in [-0.1, -0.05) is 31.5 Å². The fourth-order valence-electron chi connectivity index (χ4n) is 2.27. The quantitative estimate of drug-likeness (QED) is 0.717. The molecule has 27 heavy (non-hydrogen) atoms. The van der Waals surface area contributed by atoms with Crippen LogP contribution in [0, 0.1) is 12.8 Å². The molecule has 0 radical (unpaired) electrons. The van der Waals surface area contributed by atoms with Crippen LogP contribution < -0.4 is 15.5 Å². The van der Waals surface area contributed by atoms with Gasteiger partial charge in [-0.25, -0.2) is 8.42 Å². The number of amides is 1. The zero-order valence-corrected chi connectivity index (χ0v) is 16.4. The molecular formula is C19H24N2O5S. The summed E-state index contributed by atoms with van der Waals surface area (Å²) >= 11 is 0. The average molecular weight is 392 g/mol. The topological polar surface area (TPSA) is 105 Å². The van der Waals surface area contributed by atoms with Gasteiger partial charge in [-0.05, 0) is 25.0 Å². The molecule has 0 aliphatic carbocycles. The summed E-state index contributed by atoms with van der Waals surface area (Å²) in [6.45, 7) is 6.21. The predicted octanol–water partition coefficient (Wildman–Crippen LogP) is 2.27. The van der Waals surface area contributed by atoms with Crippen molar-refractivity contribution in [3.8, 4) is 5.75 Å². The van der Waals surface area contributed by atoms with E-state index in [9.17, 15) is 18.0 Å². The van der Waals surface area contributed by atoms with Gasteiger partial charge < -0.3 is 15.0 Å². The van der Waals surface area contributed by atoms with Crippen molar-refractivity contribution in [3.63, 3.8) is 0 Å². The van der Waals surface area contributed by atoms with Crippen LogP contribution in [0.4, 0.5) is 5.69 Å². The number of sulfone groups is 1. The third kappa shape index (κ3) is 6.90. The minimum absolute atomic E-state index is 0.141. The van der Waals surface area contributed by atoms with E-state index in [0.717, 1.165) is 5.56 Å². The van der Waals surface area contributed by atoms with Crippen LogP contribution in [0.15, 0.2) is 41.3 Å². The number of aromatic nitrogens is 1. The lowest BCUT2D eigenvalue weighted by Gasteiger charge is -2.09. The highest BCUT2D eigenvalue weighted by Crippen LogP contribution is 2.10. The van der Waals surface area contributed by atoms with Crippen molar-refractivity contribution >= 4 is 21.4 Å². The van der Waals surface area contributed by atoms with E-state index in [2.05, 4.69) is 10.3 Å². The van der Waals surface area contributed by atoms with E-state index in [1.165, 1.54) is 12.3 Å². The lowest BCUT2D eigenvalue weighted by molar-refractivity contribution is -0.113. The number of benzene rings is 1. The Bertz CT molecular complexity index is 947. The first-order valence-electron chi connectivity index (χ1n) is 8.56. The van der Waals surface area contributed by atoms with Crippen LogP contribution in [0.3, 0.4) is 0 Å². The second-order valence-corrected chi connectivity index (χ2v) is 8.90. The molecule has 1 amide bonds. The molecule has 7 nitrogen and oxygen atoms in total. The van der Waals surface area contributed by atoms with Gasteiger partial charge >= 0.3 is 0 Å². The van der Waals surface area contributed by atoms with Crippen LogP contribution >= 0.6 is 0 Å². The van der Waals surface area contributed by atoms with E-state index < -0.39 is 32.7 Å². The number of hydrogen-bond acceptors (Lipinski definition) is 5. The van der Waals surface area contributed by atoms with E-state index in [1.807, 2.05) is 32.9 Å². The molecule has 1 aromatic heterocycles. The van der Waals surface area contributed by atoms with Gasteiger partial charge in [0.1, 0.15) is 5.75 Å². The smallest absolute Gasteiger partial charge is 0.239 e. The van der Waals surface area contributed by atoms with Gasteiger partial charge in [-0.2, -0.15) is 0 Å². The summed E-state index contributed by atoms with van der Waals surface area (Å²) in [5.74, 6) is -1.33. The van der Waals surface area contributed by atoms with E-state index in [0.29, 0.717) is 12.3 Å². The molecule has 1 heterocycles. The van der Waals surface area contributed by atoms with Crippen molar-refractivity contribution in [3.05, 3.63) is 58.0 Å². The molecule has 0 saturated carbocycles. The molecule has 0 fully saturated rings. The summed E-state index contributed by atoms with van der Waals surface area (Å²) in [7, 11) is -3.74. The standard InChI is InChI=1S/C19H24N2O5S/c1-13(2)10-26-18-9-20-16(8-17(18)22)11-27(24,25)12-19(23)21-15-6-4-14(3)5-7-15/h4-9,13H,10-12H2,1-3H3,(H,20,22)(H,21,23). The van der Waals surface area contributed by atoms with Gasteiger partial charge in [0.15, 0.2) is 15.6 Å². The summed E-state index contributed by atoms with van der Waals surface area (Å²) in [5.41, 5.74) is 1.37. The van der Waals surface area contributed by atoms with Gasteiger partial charge in [0.2, 0.25) is 11.3 Å². The molecule has 2 aromatic rings. The number of rotatable bonds is 8. The Morgan fingerprint density at radius 1 is 1.22 bits per heavy atom. The van der Waals surface area contributed by atoms with Crippen LogP contribution in [0.5, 0.6) is 5.75 Å². The number of H-pyrrole nitrogens is 1. The highest BCUT2D eigenvalue weighted by atomic mass is 32.2. The molecule has 0 atom stereocenters. The Hall–Kier alpha value is -2.61. The van der Waals surface area contributed by atoms with E-state index >= 15 is 0 Å². The molecule has 0 bridgehead atoms. The van der Waals surface area contributed by atoms with Crippen molar-refractivity contribution in [2.24, 2.45) is 5.92 Å². The number of aromatic amines is 1. The summed E-state index contributed by atoms with van der Waals surface area (Å²) in [4.78, 5) is 26.8. The van der Waals surface area contributed by atoms with Gasteiger partial charge in [0, 0.05) is 23.6 Å². The zero-order chi connectivity index (χ0) is 20.0. The number of nitrogens with one attached hydrogen (secondary N) is 2. The highest BCUT2D eigenvalue weighted by Gasteiger charge is 2.19. The zero-order valence-electron chi connectivity index (χ0n) is 15.6. The maximum Gasteiger partial charge on any atom is 0.239 e. The first-order valence-corrected chi connectivity index (χ1v) is 10.4. The maximum absolute atomic E-state index is 12.3. The lowest BCUT2D eigenvalue weighted by atomic mass is 10.2. The van der Waals surface area contributed by atoms with Gasteiger partial charge in [-0.15, -0.1) is 0 Å². The SMILES string of the molecule is Cc1ccc(NC(=O)CS(=O)(=O)Cc2cc(=O)c(OCC(C)C)c[nH]2)cc1. The van der Waals surface area contributed by atoms with E-state index in [-0.39, 0.29) is 17.4 Å². The van der Waals surface area contributed by atoms with Crippen LogP contribution in [0.1, 0.15) is 25.1 Å². The summed E-state index contributed by atoms with van der Waals surface area (Å²) in [5, 5.41) is 2.55. The van der Waals surface area contributed by atoms with Crippen molar-refractivity contribution in [1.29, 1.82) is 0 Å². The van der Waals surface area contributed by atoms with E-state index in [1.54, 1.807) is 12.1 Å². The van der Waals surface area contributed by atoms with Crippen molar-refractivity contribution in [2.75, 3.05) is 17.7 Å². The largest absolute Gasteiger partial charge is 0.488 e. The number of carbonyl (C=O) groups is 1. The highest BCUT2D eigenvalue weighted by molar-refractivity contribution is 7.91. The Morgan fingerprint density at radius 3 is 2.48 bits per heavy atom. The Morgan fingerprint density at radius 2 is 1.89 bits per heavy atom. The van der Waals surface area contributed by atoms with Gasteiger partial charge in [0.25, 0.3) is 0 Å². The van der Waals surface area contributed by atoms with Crippen molar-refractivity contribution in [1.82, 2.24) is 4.98 Å². The molecule has 0 aliphatic heterocycles. The summed E-state index contributed by atoms with van der Waals surface area (Å²) in [6, 6.07) is 8.22. The predicted molar refractivity (Wildman–Crippen MR) is 105 cm³/mol. The van der Waals surface area contributed by atoms with Crippen LogP contribution in [-0.4, -0.2) is 31.7 Å². The lowest BCUT2D eigenvalue weighted by Crippen LogP contribution is -2.24. The normalized spacial score (nSPS) is 11.4. The summed E-state index contributed by atoms with van der Waals surface area (Å²) in [6.07, 6.45) is 1.35. The second kappa shape index (κ2) is 8.85. The minimum Gasteiger partial charge on any atom is -0.488 e. The van der Waals surface area contributed by atoms with Crippen molar-refractivity contribution in [2.45, 2.75) is 26.5 Å². The minimum atomic E-state index is -3.74. The molecule has 0 spiro atoms. The van der Waals surface area contributed by atoms with Crippen LogP contribution in [0.2, 0.25) is 0 Å². The average Bonchev–Trinajstić information content (AvgIpc) is 2.55. The molecule has 1 aromatic carbocycles.